The van der Waals surface area contributed by atoms with Gasteiger partial charge in [0.15, 0.2) is 0 Å². The van der Waals surface area contributed by atoms with Gasteiger partial charge in [-0.05, 0) is 54.7 Å². The van der Waals surface area contributed by atoms with Crippen LogP contribution in [0.1, 0.15) is 22.3 Å². The molecule has 0 aromatic heterocycles. The molecule has 26 heavy (non-hydrogen) atoms. The highest BCUT2D eigenvalue weighted by atomic mass is 19.1. The van der Waals surface area contributed by atoms with Crippen LogP contribution in [0.3, 0.4) is 0 Å². The minimum absolute atomic E-state index is 0.131. The molecule has 0 bridgehead atoms. The van der Waals surface area contributed by atoms with Gasteiger partial charge in [-0.1, -0.05) is 0 Å². The van der Waals surface area contributed by atoms with Gasteiger partial charge in [0.1, 0.15) is 23.1 Å². The first-order valence-electron chi connectivity index (χ1n) is 8.46. The van der Waals surface area contributed by atoms with Gasteiger partial charge in [-0.3, -0.25) is 4.79 Å². The number of halogens is 2. The Hall–Kier alpha value is -2.63. The van der Waals surface area contributed by atoms with E-state index < -0.39 is 11.6 Å². The zero-order valence-electron chi connectivity index (χ0n) is 14.8. The number of carbonyl (C=O) groups excluding carboxylic acids is 1. The Kier molecular flexibility index (Phi) is 5.40. The largest absolute Gasteiger partial charge is 0.497 e. The van der Waals surface area contributed by atoms with E-state index in [1.165, 1.54) is 19.2 Å². The van der Waals surface area contributed by atoms with Gasteiger partial charge in [0.05, 0.1) is 19.8 Å². The van der Waals surface area contributed by atoms with Gasteiger partial charge in [-0.15, -0.1) is 0 Å². The van der Waals surface area contributed by atoms with Crippen molar-refractivity contribution in [1.29, 1.82) is 0 Å². The number of rotatable bonds is 5. The molecule has 1 amide bonds. The summed E-state index contributed by atoms with van der Waals surface area (Å²) >= 11 is 0. The van der Waals surface area contributed by atoms with Crippen LogP contribution in [0.25, 0.3) is 0 Å². The summed E-state index contributed by atoms with van der Waals surface area (Å²) < 4.78 is 37.2. The zero-order valence-corrected chi connectivity index (χ0v) is 14.8. The summed E-state index contributed by atoms with van der Waals surface area (Å²) in [5.74, 6) is -0.0453. The van der Waals surface area contributed by atoms with Gasteiger partial charge in [-0.2, -0.15) is 0 Å². The monoisotopic (exact) mass is 361 g/mol. The molecule has 4 nitrogen and oxygen atoms in total. The summed E-state index contributed by atoms with van der Waals surface area (Å²) in [6, 6.07) is 8.66. The maximum atomic E-state index is 13.4. The molecule has 1 aliphatic rings. The normalized spacial score (nSPS) is 16.6. The maximum absolute atomic E-state index is 13.4. The average Bonchev–Trinajstić information content (AvgIpc) is 3.08. The first-order valence-corrected chi connectivity index (χ1v) is 8.46. The van der Waals surface area contributed by atoms with Crippen molar-refractivity contribution in [1.82, 2.24) is 4.90 Å². The van der Waals surface area contributed by atoms with Crippen molar-refractivity contribution in [2.45, 2.75) is 12.8 Å². The molecule has 3 rings (SSSR count). The molecule has 6 heteroatoms. The number of benzene rings is 2. The second-order valence-electron chi connectivity index (χ2n) is 6.45. The second kappa shape index (κ2) is 7.72. The van der Waals surface area contributed by atoms with Crippen LogP contribution in [0.5, 0.6) is 11.5 Å². The lowest BCUT2D eigenvalue weighted by Crippen LogP contribution is -2.29. The fourth-order valence-electron chi connectivity index (χ4n) is 3.40. The van der Waals surface area contributed by atoms with Crippen LogP contribution in [0.2, 0.25) is 0 Å². The highest BCUT2D eigenvalue weighted by Crippen LogP contribution is 2.28. The average molecular weight is 361 g/mol. The molecule has 1 atom stereocenters. The van der Waals surface area contributed by atoms with Crippen molar-refractivity contribution in [3.63, 3.8) is 0 Å². The quantitative estimate of drug-likeness (QED) is 0.815. The van der Waals surface area contributed by atoms with Crippen LogP contribution in [0, 0.1) is 17.6 Å². The van der Waals surface area contributed by atoms with Gasteiger partial charge in [-0.25, -0.2) is 8.78 Å². The lowest BCUT2D eigenvalue weighted by molar-refractivity contribution is 0.0783. The Balaban J connectivity index is 1.71. The lowest BCUT2D eigenvalue weighted by Gasteiger charge is -2.19. The molecule has 1 aliphatic heterocycles. The molecule has 0 N–H and O–H groups in total. The molecule has 1 heterocycles. The third-order valence-corrected chi connectivity index (χ3v) is 4.66. The summed E-state index contributed by atoms with van der Waals surface area (Å²) in [7, 11) is 3.06. The molecule has 0 radical (unpaired) electrons. The number of amides is 1. The van der Waals surface area contributed by atoms with E-state index in [0.29, 0.717) is 42.1 Å². The fraction of sp³-hybridized carbons (Fsp3) is 0.350. The van der Waals surface area contributed by atoms with E-state index in [0.717, 1.165) is 12.5 Å². The molecule has 1 saturated heterocycles. The molecule has 0 spiro atoms. The SMILES string of the molecule is COc1ccc(OC)c(C(=O)N2CCC(Cc3cc(F)cc(F)c3)C2)c1. The first-order chi connectivity index (χ1) is 12.5. The molecular weight excluding hydrogens is 340 g/mol. The summed E-state index contributed by atoms with van der Waals surface area (Å²) in [6.07, 6.45) is 1.32. The lowest BCUT2D eigenvalue weighted by atomic mass is 9.98. The van der Waals surface area contributed by atoms with Crippen molar-refractivity contribution in [3.8, 4) is 11.5 Å². The van der Waals surface area contributed by atoms with E-state index in [9.17, 15) is 13.6 Å². The summed E-state index contributed by atoms with van der Waals surface area (Å²) in [5, 5.41) is 0. The minimum atomic E-state index is -0.577. The standard InChI is InChI=1S/C20H21F2NO3/c1-25-17-3-4-19(26-2)18(11-17)20(24)23-6-5-13(12-23)7-14-8-15(21)10-16(22)9-14/h3-4,8-11,13H,5-7,12H2,1-2H3. The maximum Gasteiger partial charge on any atom is 0.257 e. The number of likely N-dealkylation sites (tertiary alicyclic amines) is 1. The Morgan fingerprint density at radius 1 is 1.12 bits per heavy atom. The molecule has 138 valence electrons. The van der Waals surface area contributed by atoms with Crippen LogP contribution in [0.15, 0.2) is 36.4 Å². The predicted molar refractivity (Wildman–Crippen MR) is 93.6 cm³/mol. The topological polar surface area (TPSA) is 38.8 Å². The molecule has 2 aromatic rings. The number of methoxy groups -OCH3 is 2. The predicted octanol–water partition coefficient (Wildman–Crippen LogP) is 3.69. The minimum Gasteiger partial charge on any atom is -0.497 e. The number of carbonyl (C=O) groups is 1. The van der Waals surface area contributed by atoms with E-state index in [1.54, 1.807) is 30.2 Å². The van der Waals surface area contributed by atoms with Gasteiger partial charge >= 0.3 is 0 Å². The van der Waals surface area contributed by atoms with Crippen molar-refractivity contribution in [2.75, 3.05) is 27.3 Å². The Morgan fingerprint density at radius 2 is 1.85 bits per heavy atom. The fourth-order valence-corrected chi connectivity index (χ4v) is 3.40. The Morgan fingerprint density at radius 3 is 2.50 bits per heavy atom. The molecular formula is C20H21F2NO3. The van der Waals surface area contributed by atoms with E-state index in [2.05, 4.69) is 0 Å². The first kappa shape index (κ1) is 18.2. The van der Waals surface area contributed by atoms with Gasteiger partial charge in [0.2, 0.25) is 0 Å². The number of nitrogens with zero attached hydrogens (tertiary/aromatic N) is 1. The molecule has 0 saturated carbocycles. The van der Waals surface area contributed by atoms with E-state index in [4.69, 9.17) is 9.47 Å². The van der Waals surface area contributed by atoms with Crippen LogP contribution in [-0.4, -0.2) is 38.1 Å². The number of hydrogen-bond donors (Lipinski definition) is 0. The van der Waals surface area contributed by atoms with Gasteiger partial charge in [0.25, 0.3) is 5.91 Å². The molecule has 1 fully saturated rings. The van der Waals surface area contributed by atoms with Crippen LogP contribution in [-0.2, 0) is 6.42 Å². The summed E-state index contributed by atoms with van der Waals surface area (Å²) in [5.41, 5.74) is 1.06. The molecule has 1 unspecified atom stereocenters. The Bertz CT molecular complexity index is 789. The van der Waals surface area contributed by atoms with Crippen molar-refractivity contribution in [2.24, 2.45) is 5.92 Å². The van der Waals surface area contributed by atoms with Crippen molar-refractivity contribution in [3.05, 3.63) is 59.2 Å². The van der Waals surface area contributed by atoms with Crippen LogP contribution in [0.4, 0.5) is 8.78 Å². The zero-order chi connectivity index (χ0) is 18.7. The van der Waals surface area contributed by atoms with Gasteiger partial charge in [0, 0.05) is 19.2 Å². The van der Waals surface area contributed by atoms with Crippen molar-refractivity contribution < 1.29 is 23.0 Å². The summed E-state index contributed by atoms with van der Waals surface area (Å²) in [4.78, 5) is 14.6. The third-order valence-electron chi connectivity index (χ3n) is 4.66. The van der Waals surface area contributed by atoms with Crippen LogP contribution < -0.4 is 9.47 Å². The van der Waals surface area contributed by atoms with Crippen molar-refractivity contribution >= 4 is 5.91 Å². The summed E-state index contributed by atoms with van der Waals surface area (Å²) in [6.45, 7) is 1.14. The highest BCUT2D eigenvalue weighted by molar-refractivity contribution is 5.97. The van der Waals surface area contributed by atoms with Gasteiger partial charge < -0.3 is 14.4 Å². The smallest absolute Gasteiger partial charge is 0.257 e. The Labute approximate surface area is 151 Å². The van der Waals surface area contributed by atoms with E-state index >= 15 is 0 Å². The molecule has 0 aliphatic carbocycles. The van der Waals surface area contributed by atoms with E-state index in [1.807, 2.05) is 0 Å². The number of ether oxygens (including phenoxy) is 2. The molecule has 2 aromatic carbocycles. The second-order valence-corrected chi connectivity index (χ2v) is 6.45. The highest BCUT2D eigenvalue weighted by Gasteiger charge is 2.29. The third kappa shape index (κ3) is 3.95. The number of hydrogen-bond acceptors (Lipinski definition) is 3. The van der Waals surface area contributed by atoms with Crippen LogP contribution >= 0.6 is 0 Å². The van der Waals surface area contributed by atoms with E-state index in [-0.39, 0.29) is 11.8 Å².